The second kappa shape index (κ2) is 4.33. The summed E-state index contributed by atoms with van der Waals surface area (Å²) in [4.78, 5) is 4.53. The highest BCUT2D eigenvalue weighted by Gasteiger charge is 2.13. The van der Waals surface area contributed by atoms with E-state index in [1.54, 1.807) is 0 Å². The van der Waals surface area contributed by atoms with E-state index in [9.17, 15) is 0 Å². The first kappa shape index (κ1) is 10.6. The number of halogens is 1. The van der Waals surface area contributed by atoms with E-state index >= 15 is 0 Å². The molecule has 15 heavy (non-hydrogen) atoms. The lowest BCUT2D eigenvalue weighted by Crippen LogP contribution is -2.07. The largest absolute Gasteiger partial charge is 0.330 e. The fourth-order valence-electron chi connectivity index (χ4n) is 1.75. The van der Waals surface area contributed by atoms with Crippen LogP contribution in [-0.4, -0.2) is 15.9 Å². The van der Waals surface area contributed by atoms with Crippen LogP contribution in [0.5, 0.6) is 0 Å². The van der Waals surface area contributed by atoms with Crippen LogP contribution >= 0.6 is 15.9 Å². The Hall–Kier alpha value is -0.870. The first-order valence-corrected chi connectivity index (χ1v) is 5.86. The van der Waals surface area contributed by atoms with E-state index in [4.69, 9.17) is 5.73 Å². The summed E-state index contributed by atoms with van der Waals surface area (Å²) >= 11 is 3.47. The molecule has 2 aromatic rings. The molecule has 0 saturated heterocycles. The van der Waals surface area contributed by atoms with Crippen molar-refractivity contribution in [3.63, 3.8) is 0 Å². The van der Waals surface area contributed by atoms with E-state index in [-0.39, 0.29) is 0 Å². The van der Waals surface area contributed by atoms with Crippen molar-refractivity contribution < 1.29 is 0 Å². The van der Waals surface area contributed by atoms with Gasteiger partial charge in [0.1, 0.15) is 10.4 Å². The van der Waals surface area contributed by atoms with Crippen molar-refractivity contribution in [3.05, 3.63) is 34.8 Å². The SMILES string of the molecule is CC(CCN)c1nc(Br)c2ccccn12. The zero-order chi connectivity index (χ0) is 10.8. The molecule has 4 heteroatoms. The predicted octanol–water partition coefficient (Wildman–Crippen LogP) is 2.55. The maximum absolute atomic E-state index is 5.57. The summed E-state index contributed by atoms with van der Waals surface area (Å²) in [7, 11) is 0. The third kappa shape index (κ3) is 1.92. The summed E-state index contributed by atoms with van der Waals surface area (Å²) in [5.41, 5.74) is 6.68. The van der Waals surface area contributed by atoms with Crippen molar-refractivity contribution in [2.75, 3.05) is 6.54 Å². The smallest absolute Gasteiger partial charge is 0.132 e. The van der Waals surface area contributed by atoms with Crippen LogP contribution in [0, 0.1) is 0 Å². The van der Waals surface area contributed by atoms with Gasteiger partial charge >= 0.3 is 0 Å². The molecule has 0 fully saturated rings. The van der Waals surface area contributed by atoms with E-state index in [1.807, 2.05) is 18.3 Å². The lowest BCUT2D eigenvalue weighted by atomic mass is 10.1. The Labute approximate surface area is 97.4 Å². The zero-order valence-corrected chi connectivity index (χ0v) is 10.2. The molecule has 0 amide bonds. The van der Waals surface area contributed by atoms with Gasteiger partial charge in [-0.05, 0) is 41.0 Å². The number of hydrogen-bond donors (Lipinski definition) is 1. The normalized spacial score (nSPS) is 13.3. The fourth-order valence-corrected chi connectivity index (χ4v) is 2.25. The van der Waals surface area contributed by atoms with Crippen LogP contribution < -0.4 is 5.73 Å². The van der Waals surface area contributed by atoms with E-state index in [1.165, 1.54) is 0 Å². The first-order chi connectivity index (χ1) is 7.24. The van der Waals surface area contributed by atoms with Crippen LogP contribution in [-0.2, 0) is 0 Å². The van der Waals surface area contributed by atoms with Gasteiger partial charge in [-0.15, -0.1) is 0 Å². The van der Waals surface area contributed by atoms with Gasteiger partial charge < -0.3 is 10.1 Å². The monoisotopic (exact) mass is 267 g/mol. The van der Waals surface area contributed by atoms with Crippen molar-refractivity contribution in [1.29, 1.82) is 0 Å². The number of nitrogens with two attached hydrogens (primary N) is 1. The average molecular weight is 268 g/mol. The van der Waals surface area contributed by atoms with Crippen molar-refractivity contribution in [3.8, 4) is 0 Å². The summed E-state index contributed by atoms with van der Waals surface area (Å²) in [6.07, 6.45) is 3.00. The highest BCUT2D eigenvalue weighted by Crippen LogP contribution is 2.24. The maximum Gasteiger partial charge on any atom is 0.132 e. The van der Waals surface area contributed by atoms with Gasteiger partial charge in [-0.1, -0.05) is 13.0 Å². The van der Waals surface area contributed by atoms with E-state index in [0.29, 0.717) is 12.5 Å². The van der Waals surface area contributed by atoms with Gasteiger partial charge in [0, 0.05) is 12.1 Å². The number of hydrogen-bond acceptors (Lipinski definition) is 2. The molecule has 0 radical (unpaired) electrons. The van der Waals surface area contributed by atoms with Gasteiger partial charge in [-0.3, -0.25) is 0 Å². The summed E-state index contributed by atoms with van der Waals surface area (Å²) in [6.45, 7) is 2.85. The average Bonchev–Trinajstić information content (AvgIpc) is 2.58. The van der Waals surface area contributed by atoms with Gasteiger partial charge in [-0.25, -0.2) is 4.98 Å². The molecule has 2 N–H and O–H groups in total. The lowest BCUT2D eigenvalue weighted by Gasteiger charge is -2.08. The van der Waals surface area contributed by atoms with Crippen molar-refractivity contribution in [2.45, 2.75) is 19.3 Å². The Morgan fingerprint density at radius 1 is 1.53 bits per heavy atom. The molecule has 0 saturated carbocycles. The summed E-state index contributed by atoms with van der Waals surface area (Å²) in [5.74, 6) is 1.46. The fraction of sp³-hybridized carbons (Fsp3) is 0.364. The molecule has 1 unspecified atom stereocenters. The third-order valence-electron chi connectivity index (χ3n) is 2.57. The minimum atomic E-state index is 0.385. The minimum absolute atomic E-state index is 0.385. The third-order valence-corrected chi connectivity index (χ3v) is 3.15. The van der Waals surface area contributed by atoms with Crippen LogP contribution in [0.1, 0.15) is 25.1 Å². The summed E-state index contributed by atoms with van der Waals surface area (Å²) < 4.78 is 3.02. The van der Waals surface area contributed by atoms with Crippen molar-refractivity contribution in [2.24, 2.45) is 5.73 Å². The van der Waals surface area contributed by atoms with Crippen LogP contribution in [0.2, 0.25) is 0 Å². The van der Waals surface area contributed by atoms with E-state index < -0.39 is 0 Å². The van der Waals surface area contributed by atoms with Gasteiger partial charge in [-0.2, -0.15) is 0 Å². The van der Waals surface area contributed by atoms with Gasteiger partial charge in [0.05, 0.1) is 5.52 Å². The number of imidazole rings is 1. The Morgan fingerprint density at radius 2 is 2.33 bits per heavy atom. The molecule has 0 bridgehead atoms. The zero-order valence-electron chi connectivity index (χ0n) is 8.65. The topological polar surface area (TPSA) is 43.3 Å². The van der Waals surface area contributed by atoms with Gasteiger partial charge in [0.2, 0.25) is 0 Å². The predicted molar refractivity (Wildman–Crippen MR) is 65.0 cm³/mol. The van der Waals surface area contributed by atoms with Crippen LogP contribution in [0.4, 0.5) is 0 Å². The molecule has 2 aromatic heterocycles. The molecule has 1 atom stereocenters. The molecular formula is C11H14BrN3. The first-order valence-electron chi connectivity index (χ1n) is 5.06. The molecule has 2 rings (SSSR count). The number of pyridine rings is 1. The van der Waals surface area contributed by atoms with Gasteiger partial charge in [0.25, 0.3) is 0 Å². The van der Waals surface area contributed by atoms with Crippen LogP contribution in [0.25, 0.3) is 5.52 Å². The number of nitrogens with zero attached hydrogens (tertiary/aromatic N) is 2. The minimum Gasteiger partial charge on any atom is -0.330 e. The molecular weight excluding hydrogens is 254 g/mol. The Bertz CT molecular complexity index is 464. The Morgan fingerprint density at radius 3 is 3.07 bits per heavy atom. The van der Waals surface area contributed by atoms with E-state index in [0.717, 1.165) is 22.4 Å². The second-order valence-corrected chi connectivity index (χ2v) is 4.45. The number of fused-ring (bicyclic) bond motifs is 1. The van der Waals surface area contributed by atoms with Crippen molar-refractivity contribution in [1.82, 2.24) is 9.38 Å². The van der Waals surface area contributed by atoms with Crippen LogP contribution in [0.3, 0.4) is 0 Å². The summed E-state index contributed by atoms with van der Waals surface area (Å²) in [5, 5.41) is 0. The second-order valence-electron chi connectivity index (χ2n) is 3.70. The Balaban J connectivity index is 2.52. The number of aromatic nitrogens is 2. The molecule has 0 aliphatic carbocycles. The molecule has 0 aliphatic rings. The standard InChI is InChI=1S/C11H14BrN3/c1-8(5-6-13)11-14-10(12)9-4-2-3-7-15(9)11/h2-4,7-8H,5-6,13H2,1H3. The van der Waals surface area contributed by atoms with Crippen molar-refractivity contribution >= 4 is 21.4 Å². The molecule has 0 aromatic carbocycles. The lowest BCUT2D eigenvalue weighted by molar-refractivity contribution is 0.644. The van der Waals surface area contributed by atoms with Gasteiger partial charge in [0.15, 0.2) is 0 Å². The molecule has 0 spiro atoms. The number of rotatable bonds is 3. The van der Waals surface area contributed by atoms with Crippen LogP contribution in [0.15, 0.2) is 29.0 Å². The molecule has 3 nitrogen and oxygen atoms in total. The molecule has 80 valence electrons. The summed E-state index contributed by atoms with van der Waals surface area (Å²) in [6, 6.07) is 6.08. The molecule has 0 aliphatic heterocycles. The quantitative estimate of drug-likeness (QED) is 0.929. The highest BCUT2D eigenvalue weighted by atomic mass is 79.9. The highest BCUT2D eigenvalue weighted by molar-refractivity contribution is 9.10. The Kier molecular flexibility index (Phi) is 3.07. The molecule has 2 heterocycles. The van der Waals surface area contributed by atoms with E-state index in [2.05, 4.69) is 38.3 Å². The maximum atomic E-state index is 5.57.